The molecule has 10 heteroatoms. The lowest BCUT2D eigenvalue weighted by Gasteiger charge is -2.30. The van der Waals surface area contributed by atoms with Crippen molar-refractivity contribution in [2.24, 2.45) is 5.10 Å². The van der Waals surface area contributed by atoms with Gasteiger partial charge in [0.2, 0.25) is 17.8 Å². The van der Waals surface area contributed by atoms with E-state index in [4.69, 9.17) is 9.72 Å². The molecule has 32 heavy (non-hydrogen) atoms. The third kappa shape index (κ3) is 5.59. The molecule has 3 heterocycles. The maximum Gasteiger partial charge on any atom is 0.250 e. The molecule has 0 unspecified atom stereocenters. The maximum absolute atomic E-state index is 10.5. The molecule has 2 saturated heterocycles. The number of hydrogen-bond acceptors (Lipinski definition) is 9. The van der Waals surface area contributed by atoms with Gasteiger partial charge in [-0.25, -0.2) is 5.43 Å². The van der Waals surface area contributed by atoms with E-state index in [9.17, 15) is 5.11 Å². The molecule has 0 saturated carbocycles. The molecule has 0 atom stereocenters. The fourth-order valence-corrected chi connectivity index (χ4v) is 4.45. The van der Waals surface area contributed by atoms with E-state index in [1.807, 2.05) is 6.92 Å². The van der Waals surface area contributed by atoms with Gasteiger partial charge in [0, 0.05) is 36.2 Å². The summed E-state index contributed by atoms with van der Waals surface area (Å²) >= 11 is 3.44. The van der Waals surface area contributed by atoms with E-state index in [2.05, 4.69) is 46.2 Å². The predicted molar refractivity (Wildman–Crippen MR) is 130 cm³/mol. The first-order valence-corrected chi connectivity index (χ1v) is 12.1. The zero-order valence-electron chi connectivity index (χ0n) is 18.4. The van der Waals surface area contributed by atoms with E-state index < -0.39 is 0 Å². The van der Waals surface area contributed by atoms with Crippen LogP contribution in [0.15, 0.2) is 21.7 Å². The molecule has 0 radical (unpaired) electrons. The quantitative estimate of drug-likeness (QED) is 0.429. The standard InChI is InChI=1S/C22H30BrN7O2/c1-2-32-18-14-17(23)13-16(19(18)31)15-24-28-20-25-21(29-9-5-3-6-10-29)27-22(26-20)30-11-7-4-8-12-30/h13-15,31H,2-12H2,1H3,(H,25,26,27,28)/b24-15-. The number of ether oxygens (including phenoxy) is 1. The molecule has 9 nitrogen and oxygen atoms in total. The van der Waals surface area contributed by atoms with Gasteiger partial charge < -0.3 is 19.6 Å². The Kier molecular flexibility index (Phi) is 7.62. The van der Waals surface area contributed by atoms with Gasteiger partial charge in [-0.3, -0.25) is 0 Å². The van der Waals surface area contributed by atoms with Crippen LogP contribution < -0.4 is 20.0 Å². The molecule has 2 N–H and O–H groups in total. The highest BCUT2D eigenvalue weighted by atomic mass is 79.9. The summed E-state index contributed by atoms with van der Waals surface area (Å²) in [5.74, 6) is 2.24. The number of nitrogens with zero attached hydrogens (tertiary/aromatic N) is 6. The number of benzene rings is 1. The molecule has 0 spiro atoms. The monoisotopic (exact) mass is 503 g/mol. The summed E-state index contributed by atoms with van der Waals surface area (Å²) < 4.78 is 6.27. The number of hydrogen-bond donors (Lipinski definition) is 2. The molecule has 0 aliphatic carbocycles. The van der Waals surface area contributed by atoms with E-state index in [1.54, 1.807) is 12.1 Å². The average molecular weight is 504 g/mol. The van der Waals surface area contributed by atoms with Crippen LogP contribution >= 0.6 is 15.9 Å². The lowest BCUT2D eigenvalue weighted by Crippen LogP contribution is -2.34. The van der Waals surface area contributed by atoms with Crippen molar-refractivity contribution in [3.05, 3.63) is 22.2 Å². The number of rotatable bonds is 7. The zero-order chi connectivity index (χ0) is 22.3. The van der Waals surface area contributed by atoms with Crippen molar-refractivity contribution in [1.82, 2.24) is 15.0 Å². The van der Waals surface area contributed by atoms with Crippen molar-refractivity contribution in [3.8, 4) is 11.5 Å². The third-order valence-electron chi connectivity index (χ3n) is 5.63. The van der Waals surface area contributed by atoms with Crippen molar-refractivity contribution in [2.75, 3.05) is 48.0 Å². The summed E-state index contributed by atoms with van der Waals surface area (Å²) in [4.78, 5) is 18.5. The van der Waals surface area contributed by atoms with E-state index in [1.165, 1.54) is 19.1 Å². The fraction of sp³-hybridized carbons (Fsp3) is 0.545. The van der Waals surface area contributed by atoms with Crippen molar-refractivity contribution < 1.29 is 9.84 Å². The molecular formula is C22H30BrN7O2. The topological polar surface area (TPSA) is 99.0 Å². The van der Waals surface area contributed by atoms with Crippen molar-refractivity contribution in [3.63, 3.8) is 0 Å². The summed E-state index contributed by atoms with van der Waals surface area (Å²) in [6.07, 6.45) is 8.62. The molecule has 4 rings (SSSR count). The highest BCUT2D eigenvalue weighted by Crippen LogP contribution is 2.33. The van der Waals surface area contributed by atoms with Crippen molar-refractivity contribution in [1.29, 1.82) is 0 Å². The highest BCUT2D eigenvalue weighted by Gasteiger charge is 2.20. The van der Waals surface area contributed by atoms with Crippen LogP contribution in [-0.2, 0) is 0 Å². The zero-order valence-corrected chi connectivity index (χ0v) is 20.0. The molecule has 0 amide bonds. The first-order chi connectivity index (χ1) is 15.6. The highest BCUT2D eigenvalue weighted by molar-refractivity contribution is 9.10. The summed E-state index contributed by atoms with van der Waals surface area (Å²) in [5.41, 5.74) is 3.46. The second-order valence-electron chi connectivity index (χ2n) is 8.00. The summed E-state index contributed by atoms with van der Waals surface area (Å²) in [7, 11) is 0. The molecule has 172 valence electrons. The second kappa shape index (κ2) is 10.8. The third-order valence-corrected chi connectivity index (χ3v) is 6.08. The van der Waals surface area contributed by atoms with Crippen LogP contribution in [0.4, 0.5) is 17.8 Å². The van der Waals surface area contributed by atoms with E-state index >= 15 is 0 Å². The van der Waals surface area contributed by atoms with Gasteiger partial charge >= 0.3 is 0 Å². The molecule has 2 aromatic rings. The molecule has 1 aromatic heterocycles. The summed E-state index contributed by atoms with van der Waals surface area (Å²) in [5, 5.41) is 14.7. The van der Waals surface area contributed by atoms with Gasteiger partial charge in [0.25, 0.3) is 0 Å². The Balaban J connectivity index is 1.57. The SMILES string of the molecule is CCOc1cc(Br)cc(/C=N\Nc2nc(N3CCCCC3)nc(N3CCCCC3)n2)c1O. The first kappa shape index (κ1) is 22.6. The largest absolute Gasteiger partial charge is 0.504 e. The van der Waals surface area contributed by atoms with E-state index in [0.717, 1.165) is 56.3 Å². The number of aromatic nitrogens is 3. The smallest absolute Gasteiger partial charge is 0.250 e. The number of halogens is 1. The van der Waals surface area contributed by atoms with Crippen LogP contribution in [0, 0.1) is 0 Å². The molecule has 1 aromatic carbocycles. The minimum atomic E-state index is 0.0410. The predicted octanol–water partition coefficient (Wildman–Crippen LogP) is 4.17. The fourth-order valence-electron chi connectivity index (χ4n) is 3.99. The molecule has 0 bridgehead atoms. The Labute approximate surface area is 197 Å². The van der Waals surface area contributed by atoms with Crippen LogP contribution in [0.5, 0.6) is 11.5 Å². The Bertz CT molecular complexity index is 908. The summed E-state index contributed by atoms with van der Waals surface area (Å²) in [6.45, 7) is 6.16. The number of phenolic OH excluding ortho intramolecular Hbond substituents is 1. The number of hydrazone groups is 1. The van der Waals surface area contributed by atoms with E-state index in [0.29, 0.717) is 35.8 Å². The van der Waals surface area contributed by atoms with Gasteiger partial charge in [0.15, 0.2) is 11.5 Å². The van der Waals surface area contributed by atoms with Crippen LogP contribution in [0.1, 0.15) is 51.0 Å². The van der Waals surface area contributed by atoms with Gasteiger partial charge in [-0.15, -0.1) is 0 Å². The Morgan fingerprint density at radius 1 is 1.00 bits per heavy atom. The van der Waals surface area contributed by atoms with E-state index in [-0.39, 0.29) is 5.75 Å². The molecule has 2 aliphatic rings. The number of piperidine rings is 2. The summed E-state index contributed by atoms with van der Waals surface area (Å²) in [6, 6.07) is 3.50. The Morgan fingerprint density at radius 2 is 1.59 bits per heavy atom. The normalized spacial score (nSPS) is 17.1. The van der Waals surface area contributed by atoms with Gasteiger partial charge in [-0.1, -0.05) is 15.9 Å². The number of anilines is 3. The number of phenols is 1. The van der Waals surface area contributed by atoms with Gasteiger partial charge in [-0.2, -0.15) is 20.1 Å². The molecular weight excluding hydrogens is 474 g/mol. The van der Waals surface area contributed by atoms with Crippen LogP contribution in [-0.4, -0.2) is 59.1 Å². The van der Waals surface area contributed by atoms with Crippen LogP contribution in [0.25, 0.3) is 0 Å². The lowest BCUT2D eigenvalue weighted by molar-refractivity contribution is 0.317. The van der Waals surface area contributed by atoms with Gasteiger partial charge in [-0.05, 0) is 57.6 Å². The average Bonchev–Trinajstić information content (AvgIpc) is 2.83. The minimum Gasteiger partial charge on any atom is -0.504 e. The minimum absolute atomic E-state index is 0.0410. The number of nitrogens with one attached hydrogen (secondary N) is 1. The Morgan fingerprint density at radius 3 is 2.16 bits per heavy atom. The van der Waals surface area contributed by atoms with Crippen molar-refractivity contribution in [2.45, 2.75) is 45.4 Å². The molecule has 2 fully saturated rings. The second-order valence-corrected chi connectivity index (χ2v) is 8.91. The van der Waals surface area contributed by atoms with Crippen molar-refractivity contribution >= 4 is 40.0 Å². The van der Waals surface area contributed by atoms with Gasteiger partial charge in [0.05, 0.1) is 12.8 Å². The molecule has 2 aliphatic heterocycles. The van der Waals surface area contributed by atoms with Crippen LogP contribution in [0.2, 0.25) is 0 Å². The Hall–Kier alpha value is -2.62. The first-order valence-electron chi connectivity index (χ1n) is 11.3. The van der Waals surface area contributed by atoms with Crippen LogP contribution in [0.3, 0.4) is 0 Å². The van der Waals surface area contributed by atoms with Gasteiger partial charge in [0.1, 0.15) is 0 Å². The number of aromatic hydroxyl groups is 1. The lowest BCUT2D eigenvalue weighted by atomic mass is 10.1. The maximum atomic E-state index is 10.5.